The van der Waals surface area contributed by atoms with Crippen molar-refractivity contribution in [1.82, 2.24) is 9.71 Å². The monoisotopic (exact) mass is 376 g/mol. The van der Waals surface area contributed by atoms with E-state index in [0.717, 1.165) is 42.7 Å². The van der Waals surface area contributed by atoms with Gasteiger partial charge in [-0.25, -0.2) is 8.42 Å². The second-order valence-electron chi connectivity index (χ2n) is 4.51. The van der Waals surface area contributed by atoms with Crippen LogP contribution in [0.25, 0.3) is 0 Å². The highest BCUT2D eigenvalue weighted by molar-refractivity contribution is 7.89. The van der Waals surface area contributed by atoms with Gasteiger partial charge in [-0.2, -0.15) is 23.2 Å². The molecule has 1 atom stereocenters. The average Bonchev–Trinajstić information content (AvgIpc) is 2.54. The summed E-state index contributed by atoms with van der Waals surface area (Å²) in [6, 6.07) is 2.85. The van der Waals surface area contributed by atoms with Gasteiger partial charge in [0, 0.05) is 17.4 Å². The number of pyridine rings is 1. The molecule has 1 aromatic heterocycles. The molecule has 5 nitrogen and oxygen atoms in total. The van der Waals surface area contributed by atoms with E-state index in [4.69, 9.17) is 18.2 Å². The van der Waals surface area contributed by atoms with Crippen molar-refractivity contribution in [2.45, 2.75) is 17.1 Å². The number of hydrogen-bond acceptors (Lipinski definition) is 4. The van der Waals surface area contributed by atoms with Gasteiger partial charge in [-0.15, -0.1) is 0 Å². The molecule has 2 aromatic rings. The summed E-state index contributed by atoms with van der Waals surface area (Å²) in [4.78, 5) is 2.83. The van der Waals surface area contributed by atoms with E-state index in [1.165, 1.54) is 4.72 Å². The second-order valence-corrected chi connectivity index (χ2v) is 6.63. The van der Waals surface area contributed by atoms with Gasteiger partial charge >= 0.3 is 6.18 Å². The summed E-state index contributed by atoms with van der Waals surface area (Å²) in [5, 5.41) is 8.89. The van der Waals surface area contributed by atoms with Crippen molar-refractivity contribution in [3.8, 4) is 6.07 Å². The van der Waals surface area contributed by atoms with Gasteiger partial charge in [-0.3, -0.25) is 4.98 Å². The van der Waals surface area contributed by atoms with Crippen LogP contribution in [-0.2, 0) is 10.0 Å². The zero-order chi connectivity index (χ0) is 18.9. The van der Waals surface area contributed by atoms with Crippen LogP contribution in [-0.4, -0.2) is 19.6 Å². The molecule has 1 N–H and O–H groups in total. The third kappa shape index (κ3) is 4.23. The minimum absolute atomic E-state index is 0.127. The number of rotatable bonds is 4. The van der Waals surface area contributed by atoms with E-state index in [9.17, 15) is 21.6 Å². The number of benzene rings is 1. The van der Waals surface area contributed by atoms with E-state index in [0.29, 0.717) is 0 Å². The van der Waals surface area contributed by atoms with E-state index in [2.05, 4.69) is 4.98 Å². The Labute approximate surface area is 142 Å². The summed E-state index contributed by atoms with van der Waals surface area (Å²) in [5.74, 6) is 0. The van der Waals surface area contributed by atoms with E-state index < -0.39 is 32.7 Å². The van der Waals surface area contributed by atoms with Gasteiger partial charge in [0.1, 0.15) is 17.0 Å². The number of hydrogen-bond donors (Lipinski definition) is 1. The highest BCUT2D eigenvalue weighted by atomic mass is 35.5. The van der Waals surface area contributed by atoms with Crippen molar-refractivity contribution < 1.29 is 23.0 Å². The first-order valence-electron chi connectivity index (χ1n) is 6.71. The Kier molecular flexibility index (Phi) is 4.71. The Morgan fingerprint density at radius 2 is 1.92 bits per heavy atom. The van der Waals surface area contributed by atoms with Crippen LogP contribution in [0.3, 0.4) is 0 Å². The molecule has 1 aromatic carbocycles. The molecule has 0 amide bonds. The molecule has 0 aliphatic heterocycles. The van der Waals surface area contributed by atoms with Crippen molar-refractivity contribution in [3.05, 3.63) is 58.9 Å². The fourth-order valence-corrected chi connectivity index (χ4v) is 2.95. The van der Waals surface area contributed by atoms with Crippen LogP contribution in [0, 0.1) is 11.3 Å². The maximum Gasteiger partial charge on any atom is 0.408 e. The quantitative estimate of drug-likeness (QED) is 0.888. The Hall–Kier alpha value is -2.15. The standard InChI is InChI=1S/C14H9ClF3N3O2S/c15-11-3-1-10(2-4-11)13(14(16,17)18)21-24(22,23)12-5-9(6-19)7-20-8-12/h1-5,7-8,13,21H/i13D. The predicted octanol–water partition coefficient (Wildman–Crippen LogP) is 3.19. The number of alkyl halides is 3. The normalized spacial score (nSPS) is 15.2. The van der Waals surface area contributed by atoms with Gasteiger partial charge in [-0.05, 0) is 23.8 Å². The van der Waals surface area contributed by atoms with Gasteiger partial charge in [0.15, 0.2) is 0 Å². The van der Waals surface area contributed by atoms with Crippen LogP contribution < -0.4 is 4.72 Å². The van der Waals surface area contributed by atoms with Crippen LogP contribution in [0.15, 0.2) is 47.6 Å². The highest BCUT2D eigenvalue weighted by Crippen LogP contribution is 2.34. The molecule has 0 spiro atoms. The number of sulfonamides is 1. The molecule has 0 saturated heterocycles. The molecule has 0 radical (unpaired) electrons. The predicted molar refractivity (Wildman–Crippen MR) is 79.5 cm³/mol. The average molecular weight is 377 g/mol. The molecule has 0 aliphatic rings. The number of nitrogens with one attached hydrogen (secondary N) is 1. The molecule has 0 fully saturated rings. The van der Waals surface area contributed by atoms with E-state index in [1.54, 1.807) is 6.07 Å². The molecular weight excluding hydrogens is 367 g/mol. The summed E-state index contributed by atoms with van der Waals surface area (Å²) < 4.78 is 74.1. The number of nitrogens with zero attached hydrogens (tertiary/aromatic N) is 2. The van der Waals surface area contributed by atoms with Gasteiger partial charge in [0.2, 0.25) is 10.0 Å². The molecule has 0 bridgehead atoms. The highest BCUT2D eigenvalue weighted by Gasteiger charge is 2.43. The third-order valence-corrected chi connectivity index (χ3v) is 4.37. The fraction of sp³-hybridized carbons (Fsp3) is 0.143. The van der Waals surface area contributed by atoms with Crippen LogP contribution in [0.2, 0.25) is 5.02 Å². The zero-order valence-electron chi connectivity index (χ0n) is 12.7. The lowest BCUT2D eigenvalue weighted by atomic mass is 10.1. The van der Waals surface area contributed by atoms with Crippen molar-refractivity contribution in [2.24, 2.45) is 0 Å². The van der Waals surface area contributed by atoms with Gasteiger partial charge in [-0.1, -0.05) is 23.7 Å². The van der Waals surface area contributed by atoms with Gasteiger partial charge < -0.3 is 0 Å². The summed E-state index contributed by atoms with van der Waals surface area (Å²) in [7, 11) is -4.80. The minimum Gasteiger partial charge on any atom is -0.262 e. The summed E-state index contributed by atoms with van der Waals surface area (Å²) in [6.07, 6.45) is -3.44. The largest absolute Gasteiger partial charge is 0.408 e. The minimum atomic E-state index is -5.27. The molecule has 1 heterocycles. The molecule has 24 heavy (non-hydrogen) atoms. The van der Waals surface area contributed by atoms with Crippen LogP contribution in [0.4, 0.5) is 13.2 Å². The summed E-state index contributed by atoms with van der Waals surface area (Å²) >= 11 is 5.62. The van der Waals surface area contributed by atoms with Crippen molar-refractivity contribution in [1.29, 1.82) is 5.26 Å². The molecule has 0 saturated carbocycles. The molecular formula is C14H9ClF3N3O2S. The van der Waals surface area contributed by atoms with Crippen LogP contribution >= 0.6 is 11.6 Å². The van der Waals surface area contributed by atoms with Crippen LogP contribution in [0.5, 0.6) is 0 Å². The first kappa shape index (κ1) is 16.7. The van der Waals surface area contributed by atoms with Crippen LogP contribution in [0.1, 0.15) is 18.5 Å². The molecule has 2 rings (SSSR count). The zero-order valence-corrected chi connectivity index (χ0v) is 13.2. The van der Waals surface area contributed by atoms with Crippen molar-refractivity contribution in [2.75, 3.05) is 0 Å². The lowest BCUT2D eigenvalue weighted by molar-refractivity contribution is -0.153. The van der Waals surface area contributed by atoms with E-state index >= 15 is 0 Å². The number of nitriles is 1. The Bertz CT molecular complexity index is 930. The fourth-order valence-electron chi connectivity index (χ4n) is 1.72. The third-order valence-electron chi connectivity index (χ3n) is 2.81. The lowest BCUT2D eigenvalue weighted by Gasteiger charge is -2.22. The van der Waals surface area contributed by atoms with Gasteiger partial charge in [0.05, 0.1) is 6.93 Å². The lowest BCUT2D eigenvalue weighted by Crippen LogP contribution is -2.38. The van der Waals surface area contributed by atoms with Crippen molar-refractivity contribution >= 4 is 21.6 Å². The first-order chi connectivity index (χ1) is 11.5. The van der Waals surface area contributed by atoms with Crippen molar-refractivity contribution in [3.63, 3.8) is 0 Å². The number of halogens is 4. The van der Waals surface area contributed by atoms with Gasteiger partial charge in [0.25, 0.3) is 0 Å². The Balaban J connectivity index is 2.53. The van der Waals surface area contributed by atoms with E-state index in [1.807, 2.05) is 0 Å². The summed E-state index contributed by atoms with van der Waals surface area (Å²) in [6.45, 7) is 0. The first-order valence-corrected chi connectivity index (χ1v) is 8.07. The van der Waals surface area contributed by atoms with E-state index in [-0.39, 0.29) is 10.6 Å². The maximum atomic E-state index is 13.5. The molecule has 1 unspecified atom stereocenters. The number of aromatic nitrogens is 1. The molecule has 0 aliphatic carbocycles. The SMILES string of the molecule is [2H]C(NS(=O)(=O)c1cncc(C#N)c1)(c1ccc(Cl)cc1)C(F)(F)F. The molecule has 10 heteroatoms. The Morgan fingerprint density at radius 1 is 1.29 bits per heavy atom. The summed E-state index contributed by atoms with van der Waals surface area (Å²) in [5.41, 5.74) is -0.825. The topological polar surface area (TPSA) is 82.8 Å². The Morgan fingerprint density at radius 3 is 2.46 bits per heavy atom. The molecule has 126 valence electrons. The second kappa shape index (κ2) is 6.76. The smallest absolute Gasteiger partial charge is 0.262 e. The maximum absolute atomic E-state index is 13.5.